The first-order chi connectivity index (χ1) is 15.5. The molecule has 164 valence electrons. The monoisotopic (exact) mass is 426 g/mol. The minimum absolute atomic E-state index is 0.0507. The van der Waals surface area contributed by atoms with Gasteiger partial charge in [-0.3, -0.25) is 4.90 Å². The Morgan fingerprint density at radius 3 is 2.72 bits per heavy atom. The van der Waals surface area contributed by atoms with E-state index in [9.17, 15) is 4.79 Å². The van der Waals surface area contributed by atoms with Crippen molar-refractivity contribution in [3.8, 4) is 11.1 Å². The van der Waals surface area contributed by atoms with Crippen molar-refractivity contribution >= 4 is 11.7 Å². The number of fused-ring (bicyclic) bond motifs is 1. The Morgan fingerprint density at radius 2 is 1.97 bits per heavy atom. The molecule has 3 heterocycles. The van der Waals surface area contributed by atoms with E-state index >= 15 is 0 Å². The van der Waals surface area contributed by atoms with Crippen LogP contribution in [0.3, 0.4) is 0 Å². The number of methoxy groups -OCH3 is 1. The number of benzene rings is 2. The van der Waals surface area contributed by atoms with Crippen molar-refractivity contribution in [3.63, 3.8) is 0 Å². The van der Waals surface area contributed by atoms with Gasteiger partial charge in [0.2, 0.25) is 0 Å². The third kappa shape index (κ3) is 2.44. The van der Waals surface area contributed by atoms with Crippen molar-refractivity contribution < 1.29 is 9.53 Å². The van der Waals surface area contributed by atoms with Crippen LogP contribution in [-0.4, -0.2) is 37.1 Å². The van der Waals surface area contributed by atoms with Gasteiger partial charge in [-0.2, -0.15) is 0 Å². The number of rotatable bonds is 3. The van der Waals surface area contributed by atoms with Crippen LogP contribution in [0.1, 0.15) is 37.3 Å². The molecule has 4 nitrogen and oxygen atoms in total. The highest BCUT2D eigenvalue weighted by Crippen LogP contribution is 2.64. The number of hydrogen-bond acceptors (Lipinski definition) is 4. The highest BCUT2D eigenvalue weighted by molar-refractivity contribution is 5.93. The Kier molecular flexibility index (Phi) is 4.22. The Bertz CT molecular complexity index is 1180. The Balaban J connectivity index is 1.60. The summed E-state index contributed by atoms with van der Waals surface area (Å²) in [5, 5.41) is 3.71. The highest BCUT2D eigenvalue weighted by Gasteiger charge is 2.65. The van der Waals surface area contributed by atoms with Crippen LogP contribution in [0.2, 0.25) is 0 Å². The Hall–Kier alpha value is -2.85. The quantitative estimate of drug-likeness (QED) is 0.541. The fraction of sp³-hybridized carbons (Fsp3) is 0.393. The largest absolute Gasteiger partial charge is 0.466 e. The second-order valence-corrected chi connectivity index (χ2v) is 9.88. The molecule has 6 rings (SSSR count). The molecule has 1 saturated heterocycles. The van der Waals surface area contributed by atoms with Crippen LogP contribution in [0.15, 0.2) is 65.9 Å². The minimum Gasteiger partial charge on any atom is -0.466 e. The maximum atomic E-state index is 13.0. The zero-order valence-electron chi connectivity index (χ0n) is 19.1. The molecule has 3 aliphatic heterocycles. The molecule has 0 amide bonds. The summed E-state index contributed by atoms with van der Waals surface area (Å²) >= 11 is 0. The lowest BCUT2D eigenvalue weighted by molar-refractivity contribution is -0.137. The molecule has 1 spiro atoms. The van der Waals surface area contributed by atoms with Gasteiger partial charge in [0.1, 0.15) is 0 Å². The molecule has 1 aliphatic carbocycles. The average molecular weight is 427 g/mol. The predicted molar refractivity (Wildman–Crippen MR) is 127 cm³/mol. The van der Waals surface area contributed by atoms with Crippen LogP contribution >= 0.6 is 0 Å². The van der Waals surface area contributed by atoms with Gasteiger partial charge in [0.05, 0.1) is 18.1 Å². The first-order valence-electron chi connectivity index (χ1n) is 11.7. The molecular formula is C28H30N2O2. The molecule has 2 aromatic rings. The molecule has 0 saturated carbocycles. The van der Waals surface area contributed by atoms with Gasteiger partial charge in [-0.05, 0) is 55.0 Å². The van der Waals surface area contributed by atoms with Crippen molar-refractivity contribution in [2.24, 2.45) is 5.41 Å². The van der Waals surface area contributed by atoms with E-state index < -0.39 is 0 Å². The van der Waals surface area contributed by atoms with Gasteiger partial charge >= 0.3 is 5.97 Å². The standard InChI is InChI=1S/C28H30N2O2/c1-4-27-12-5-14-30-15-13-28(26(27)30)22-16-20(19-8-6-18(2)7-9-19)10-11-23(22)29-24(28)21(17-27)25(31)32-3/h5-12,16,26,29H,4,13-15,17H2,1-3H3/t26-,27-,28-/m0/s1. The lowest BCUT2D eigenvalue weighted by Gasteiger charge is -2.53. The van der Waals surface area contributed by atoms with E-state index in [0.29, 0.717) is 6.04 Å². The van der Waals surface area contributed by atoms with E-state index in [0.717, 1.165) is 49.3 Å². The molecule has 1 fully saturated rings. The smallest absolute Gasteiger partial charge is 0.335 e. The van der Waals surface area contributed by atoms with Crippen LogP contribution in [0, 0.1) is 12.3 Å². The number of nitrogens with zero attached hydrogens (tertiary/aromatic N) is 1. The number of anilines is 1. The fourth-order valence-electron chi connectivity index (χ4n) is 6.99. The van der Waals surface area contributed by atoms with Crippen molar-refractivity contribution in [2.75, 3.05) is 25.5 Å². The summed E-state index contributed by atoms with van der Waals surface area (Å²) in [5.41, 5.74) is 7.88. The summed E-state index contributed by atoms with van der Waals surface area (Å²) < 4.78 is 5.30. The summed E-state index contributed by atoms with van der Waals surface area (Å²) in [7, 11) is 1.50. The van der Waals surface area contributed by atoms with E-state index in [2.05, 4.69) is 78.7 Å². The van der Waals surface area contributed by atoms with Gasteiger partial charge in [-0.15, -0.1) is 0 Å². The topological polar surface area (TPSA) is 41.6 Å². The van der Waals surface area contributed by atoms with Gasteiger partial charge < -0.3 is 10.1 Å². The molecule has 1 N–H and O–H groups in total. The number of hydrogen-bond donors (Lipinski definition) is 1. The number of carbonyl (C=O) groups excluding carboxylic acids is 1. The first-order valence-corrected chi connectivity index (χ1v) is 11.7. The zero-order valence-corrected chi connectivity index (χ0v) is 19.1. The maximum absolute atomic E-state index is 13.0. The number of aryl methyl sites for hydroxylation is 1. The molecule has 0 radical (unpaired) electrons. The molecule has 2 aromatic carbocycles. The molecule has 0 unspecified atom stereocenters. The second-order valence-electron chi connectivity index (χ2n) is 9.88. The molecule has 3 atom stereocenters. The van der Waals surface area contributed by atoms with Crippen LogP contribution in [0.25, 0.3) is 11.1 Å². The highest BCUT2D eigenvalue weighted by atomic mass is 16.5. The van der Waals surface area contributed by atoms with Crippen LogP contribution in [-0.2, 0) is 14.9 Å². The van der Waals surface area contributed by atoms with E-state index in [1.54, 1.807) is 0 Å². The van der Waals surface area contributed by atoms with Crippen LogP contribution in [0.5, 0.6) is 0 Å². The predicted octanol–water partition coefficient (Wildman–Crippen LogP) is 5.20. The summed E-state index contributed by atoms with van der Waals surface area (Å²) in [4.78, 5) is 15.7. The van der Waals surface area contributed by atoms with Gasteiger partial charge in [0.25, 0.3) is 0 Å². The number of nitrogens with one attached hydrogen (secondary N) is 1. The number of ether oxygens (including phenoxy) is 1. The van der Waals surface area contributed by atoms with Gasteiger partial charge in [0.15, 0.2) is 0 Å². The summed E-state index contributed by atoms with van der Waals surface area (Å²) in [6, 6.07) is 15.9. The zero-order chi connectivity index (χ0) is 22.1. The molecule has 0 bridgehead atoms. The Morgan fingerprint density at radius 1 is 1.19 bits per heavy atom. The SMILES string of the molecule is CC[C@]12C=CCN3CC[C@]4(C(=C(C(=O)OC)C1)Nc1ccc(-c5ccc(C)cc5)cc14)[C@@H]32. The molecule has 0 aromatic heterocycles. The minimum atomic E-state index is -0.196. The third-order valence-corrected chi connectivity index (χ3v) is 8.45. The lowest BCUT2D eigenvalue weighted by Crippen LogP contribution is -2.58. The van der Waals surface area contributed by atoms with E-state index in [1.807, 2.05) is 0 Å². The second kappa shape index (κ2) is 6.82. The number of esters is 1. The molecule has 4 aliphatic rings. The van der Waals surface area contributed by atoms with E-state index in [-0.39, 0.29) is 16.8 Å². The van der Waals surface area contributed by atoms with Crippen molar-refractivity contribution in [1.82, 2.24) is 4.90 Å². The van der Waals surface area contributed by atoms with Gasteiger partial charge in [0, 0.05) is 35.9 Å². The average Bonchev–Trinajstić information content (AvgIpc) is 3.38. The lowest BCUT2D eigenvalue weighted by atomic mass is 9.55. The van der Waals surface area contributed by atoms with Gasteiger partial charge in [-0.25, -0.2) is 4.79 Å². The molecule has 32 heavy (non-hydrogen) atoms. The van der Waals surface area contributed by atoms with E-state index in [1.165, 1.54) is 29.4 Å². The van der Waals surface area contributed by atoms with Crippen LogP contribution in [0.4, 0.5) is 5.69 Å². The van der Waals surface area contributed by atoms with Gasteiger partial charge in [-0.1, -0.05) is 55.0 Å². The fourth-order valence-corrected chi connectivity index (χ4v) is 6.99. The van der Waals surface area contributed by atoms with Crippen molar-refractivity contribution in [3.05, 3.63) is 77.0 Å². The van der Waals surface area contributed by atoms with Crippen molar-refractivity contribution in [2.45, 2.75) is 44.6 Å². The third-order valence-electron chi connectivity index (χ3n) is 8.45. The molecular weight excluding hydrogens is 396 g/mol. The van der Waals surface area contributed by atoms with Crippen LogP contribution < -0.4 is 5.32 Å². The summed E-state index contributed by atoms with van der Waals surface area (Å²) in [5.74, 6) is -0.192. The summed E-state index contributed by atoms with van der Waals surface area (Å²) in [6.07, 6.45) is 7.48. The normalized spacial score (nSPS) is 29.9. The Labute approximate surface area is 190 Å². The summed E-state index contributed by atoms with van der Waals surface area (Å²) in [6.45, 7) is 6.43. The number of carbonyl (C=O) groups is 1. The maximum Gasteiger partial charge on any atom is 0.335 e. The van der Waals surface area contributed by atoms with Crippen molar-refractivity contribution in [1.29, 1.82) is 0 Å². The molecule has 4 heteroatoms. The first kappa shape index (κ1) is 19.8. The van der Waals surface area contributed by atoms with E-state index in [4.69, 9.17) is 4.74 Å².